The van der Waals surface area contributed by atoms with E-state index in [2.05, 4.69) is 16.7 Å². The van der Waals surface area contributed by atoms with Crippen molar-refractivity contribution in [1.29, 1.82) is 5.26 Å². The fourth-order valence-electron chi connectivity index (χ4n) is 6.60. The number of amides is 2. The van der Waals surface area contributed by atoms with Crippen molar-refractivity contribution in [2.45, 2.75) is 64.8 Å². The van der Waals surface area contributed by atoms with E-state index in [0.29, 0.717) is 12.0 Å². The van der Waals surface area contributed by atoms with E-state index in [1.807, 2.05) is 34.6 Å². The van der Waals surface area contributed by atoms with Crippen LogP contribution < -0.4 is 15.4 Å². The fraction of sp³-hybridized carbons (Fsp3) is 0.400. The van der Waals surface area contributed by atoms with Gasteiger partial charge in [-0.1, -0.05) is 68.2 Å². The number of benzene rings is 3. The quantitative estimate of drug-likeness (QED) is 0.254. The summed E-state index contributed by atoms with van der Waals surface area (Å²) in [6.07, 6.45) is 0.578. The summed E-state index contributed by atoms with van der Waals surface area (Å²) in [5.41, 5.74) is -1.36. The predicted octanol–water partition coefficient (Wildman–Crippen LogP) is 8.67. The normalized spacial score (nSPS) is 21.3. The van der Waals surface area contributed by atoms with Crippen LogP contribution in [0.5, 0.6) is 5.75 Å². The molecule has 1 saturated carbocycles. The maximum Gasteiger partial charge on any atom is 0.251 e. The van der Waals surface area contributed by atoms with Crippen molar-refractivity contribution in [2.75, 3.05) is 12.4 Å². The standard InChI is InChI=1S/C35H37Cl2F2N3O3/c1-19(2)41-32(43)20-13-14-27(28(15-20)45-6)42-33(44)23-16-21(17-34(3,4)5)35(18-40,24-10-8-12-26(37)31(24)39)29(23)22-9-7-11-25(36)30(22)38/h7-15,19,21,23,29H,16-17H2,1-6H3,(H,41,43)(H,42,44)/t21-,23+,29-,35+/m0/s1. The van der Waals surface area contributed by atoms with E-state index >= 15 is 8.78 Å². The molecular formula is C35H37Cl2F2N3O3. The van der Waals surface area contributed by atoms with Crippen molar-refractivity contribution in [3.63, 3.8) is 0 Å². The van der Waals surface area contributed by atoms with E-state index in [1.54, 1.807) is 24.3 Å². The van der Waals surface area contributed by atoms with Gasteiger partial charge < -0.3 is 15.4 Å². The Hall–Kier alpha value is -3.67. The molecule has 3 aromatic rings. The number of halogens is 4. The highest BCUT2D eigenvalue weighted by molar-refractivity contribution is 6.31. The monoisotopic (exact) mass is 655 g/mol. The summed E-state index contributed by atoms with van der Waals surface area (Å²) in [4.78, 5) is 26.9. The van der Waals surface area contributed by atoms with Crippen molar-refractivity contribution < 1.29 is 23.1 Å². The molecule has 3 aromatic carbocycles. The van der Waals surface area contributed by atoms with Crippen molar-refractivity contribution in [1.82, 2.24) is 5.32 Å². The number of ether oxygens (including phenoxy) is 1. The van der Waals surface area contributed by atoms with Crippen LogP contribution in [0.25, 0.3) is 0 Å². The Bertz CT molecular complexity index is 1650. The Kier molecular flexibility index (Phi) is 10.2. The van der Waals surface area contributed by atoms with Gasteiger partial charge in [-0.25, -0.2) is 8.78 Å². The Morgan fingerprint density at radius 2 is 1.71 bits per heavy atom. The van der Waals surface area contributed by atoms with Gasteiger partial charge in [0, 0.05) is 29.0 Å². The van der Waals surface area contributed by atoms with Gasteiger partial charge in [0.1, 0.15) is 17.4 Å². The number of hydrogen-bond donors (Lipinski definition) is 2. The minimum Gasteiger partial charge on any atom is -0.495 e. The van der Waals surface area contributed by atoms with E-state index < -0.39 is 40.7 Å². The number of rotatable bonds is 8. The van der Waals surface area contributed by atoms with Crippen LogP contribution in [0.4, 0.5) is 14.5 Å². The number of carbonyl (C=O) groups excluding carboxylic acids is 2. The highest BCUT2D eigenvalue weighted by Crippen LogP contribution is 2.61. The second kappa shape index (κ2) is 13.4. The largest absolute Gasteiger partial charge is 0.495 e. The lowest BCUT2D eigenvalue weighted by molar-refractivity contribution is -0.120. The van der Waals surface area contributed by atoms with Crippen LogP contribution in [0.2, 0.25) is 10.0 Å². The molecule has 238 valence electrons. The highest BCUT2D eigenvalue weighted by Gasteiger charge is 2.61. The summed E-state index contributed by atoms with van der Waals surface area (Å²) in [7, 11) is 1.41. The van der Waals surface area contributed by atoms with Gasteiger partial charge in [0.05, 0.1) is 34.3 Å². The third-order valence-corrected chi connectivity index (χ3v) is 8.89. The van der Waals surface area contributed by atoms with E-state index in [1.165, 1.54) is 37.4 Å². The Morgan fingerprint density at radius 1 is 1.07 bits per heavy atom. The summed E-state index contributed by atoms with van der Waals surface area (Å²) in [5.74, 6) is -4.85. The smallest absolute Gasteiger partial charge is 0.251 e. The van der Waals surface area contributed by atoms with Gasteiger partial charge in [-0.05, 0) is 73.9 Å². The Balaban J connectivity index is 1.90. The molecule has 0 heterocycles. The van der Waals surface area contributed by atoms with Crippen LogP contribution in [-0.4, -0.2) is 25.0 Å². The Morgan fingerprint density at radius 3 is 2.31 bits per heavy atom. The van der Waals surface area contributed by atoms with Gasteiger partial charge in [-0.15, -0.1) is 0 Å². The second-order valence-corrected chi connectivity index (χ2v) is 13.9. The number of nitriles is 1. The SMILES string of the molecule is COc1cc(C(=O)NC(C)C)ccc1NC(=O)[C@@H]1C[C@@H](CC(C)(C)C)[C@](C#N)(c2cccc(Cl)c2F)[C@H]1c1cccc(Cl)c1F. The van der Waals surface area contributed by atoms with Crippen molar-refractivity contribution in [3.8, 4) is 11.8 Å². The number of carbonyl (C=O) groups is 2. The van der Waals surface area contributed by atoms with Crippen LogP contribution in [-0.2, 0) is 10.2 Å². The van der Waals surface area contributed by atoms with Crippen molar-refractivity contribution >= 4 is 40.7 Å². The molecule has 0 radical (unpaired) electrons. The zero-order valence-electron chi connectivity index (χ0n) is 26.1. The third kappa shape index (κ3) is 6.80. The third-order valence-electron chi connectivity index (χ3n) is 8.31. The molecule has 0 unspecified atom stereocenters. The minimum atomic E-state index is -1.68. The summed E-state index contributed by atoms with van der Waals surface area (Å²) < 4.78 is 37.4. The van der Waals surface area contributed by atoms with E-state index in [9.17, 15) is 14.9 Å². The number of nitrogens with zero attached hydrogens (tertiary/aromatic N) is 1. The van der Waals surface area contributed by atoms with Gasteiger partial charge in [0.2, 0.25) is 5.91 Å². The van der Waals surface area contributed by atoms with Gasteiger partial charge in [-0.3, -0.25) is 9.59 Å². The van der Waals surface area contributed by atoms with Gasteiger partial charge >= 0.3 is 0 Å². The topological polar surface area (TPSA) is 91.2 Å². The zero-order chi connectivity index (χ0) is 33.3. The van der Waals surface area contributed by atoms with Crippen LogP contribution in [0, 0.1) is 40.2 Å². The molecule has 2 N–H and O–H groups in total. The molecule has 0 spiro atoms. The van der Waals surface area contributed by atoms with E-state index in [0.717, 1.165) is 0 Å². The number of methoxy groups -OCH3 is 1. The zero-order valence-corrected chi connectivity index (χ0v) is 27.6. The molecule has 1 aliphatic carbocycles. The lowest BCUT2D eigenvalue weighted by atomic mass is 9.62. The first-order chi connectivity index (χ1) is 21.1. The summed E-state index contributed by atoms with van der Waals surface area (Å²) in [6, 6.07) is 15.8. The average Bonchev–Trinajstić information content (AvgIpc) is 3.28. The van der Waals surface area contributed by atoms with Crippen molar-refractivity contribution in [3.05, 3.63) is 93.0 Å². The van der Waals surface area contributed by atoms with E-state index in [-0.39, 0.29) is 56.4 Å². The average molecular weight is 657 g/mol. The minimum absolute atomic E-state index is 0.00419. The molecule has 2 amide bonds. The molecule has 0 aliphatic heterocycles. The molecule has 0 bridgehead atoms. The molecule has 0 aromatic heterocycles. The van der Waals surface area contributed by atoms with Crippen LogP contribution >= 0.6 is 23.2 Å². The molecule has 0 saturated heterocycles. The molecule has 4 atom stereocenters. The lowest BCUT2D eigenvalue weighted by Crippen LogP contribution is -2.39. The number of nitrogens with one attached hydrogen (secondary N) is 2. The van der Waals surface area contributed by atoms with Crippen molar-refractivity contribution in [2.24, 2.45) is 17.3 Å². The fourth-order valence-corrected chi connectivity index (χ4v) is 6.96. The van der Waals surface area contributed by atoms with Gasteiger partial charge in [0.25, 0.3) is 5.91 Å². The first-order valence-corrected chi connectivity index (χ1v) is 15.5. The summed E-state index contributed by atoms with van der Waals surface area (Å²) >= 11 is 12.5. The molecule has 4 rings (SSSR count). The second-order valence-electron chi connectivity index (χ2n) is 13.0. The summed E-state index contributed by atoms with van der Waals surface area (Å²) in [6.45, 7) is 9.66. The van der Waals surface area contributed by atoms with E-state index in [4.69, 9.17) is 27.9 Å². The Labute approximate surface area is 273 Å². The first-order valence-electron chi connectivity index (χ1n) is 14.7. The first kappa shape index (κ1) is 34.2. The highest BCUT2D eigenvalue weighted by atomic mass is 35.5. The molecule has 10 heteroatoms. The van der Waals surface area contributed by atoms with Crippen LogP contribution in [0.15, 0.2) is 54.6 Å². The van der Waals surface area contributed by atoms with Crippen LogP contribution in [0.3, 0.4) is 0 Å². The molecule has 1 fully saturated rings. The van der Waals surface area contributed by atoms with Gasteiger partial charge in [0.15, 0.2) is 0 Å². The maximum atomic E-state index is 16.0. The molecule has 1 aliphatic rings. The molecule has 45 heavy (non-hydrogen) atoms. The van der Waals surface area contributed by atoms with Crippen LogP contribution in [0.1, 0.15) is 74.9 Å². The lowest BCUT2D eigenvalue weighted by Gasteiger charge is -2.38. The number of hydrogen-bond acceptors (Lipinski definition) is 4. The predicted molar refractivity (Wildman–Crippen MR) is 173 cm³/mol. The molecule has 6 nitrogen and oxygen atoms in total. The summed E-state index contributed by atoms with van der Waals surface area (Å²) in [5, 5.41) is 16.4. The van der Waals surface area contributed by atoms with Gasteiger partial charge in [-0.2, -0.15) is 5.26 Å². The number of anilines is 1. The molecular weight excluding hydrogens is 619 g/mol. The maximum absolute atomic E-state index is 16.0.